The zero-order chi connectivity index (χ0) is 14.9. The summed E-state index contributed by atoms with van der Waals surface area (Å²) in [6.45, 7) is 9.08. The molecule has 0 saturated carbocycles. The van der Waals surface area contributed by atoms with Crippen molar-refractivity contribution < 1.29 is 9.84 Å². The molecule has 4 nitrogen and oxygen atoms in total. The smallest absolute Gasteiger partial charge is 0.0900 e. The molecular formula is C17H34N2O2. The number of likely N-dealkylation sites (tertiary alicyclic amines) is 2. The molecule has 2 rings (SSSR count). The van der Waals surface area contributed by atoms with Crippen molar-refractivity contribution in [3.05, 3.63) is 0 Å². The molecule has 1 N–H and O–H groups in total. The van der Waals surface area contributed by atoms with Crippen LogP contribution in [-0.2, 0) is 4.74 Å². The van der Waals surface area contributed by atoms with Crippen LogP contribution in [0.1, 0.15) is 51.9 Å². The Morgan fingerprint density at radius 2 is 1.81 bits per heavy atom. The lowest BCUT2D eigenvalue weighted by Gasteiger charge is -2.40. The van der Waals surface area contributed by atoms with Gasteiger partial charge in [-0.2, -0.15) is 0 Å². The minimum atomic E-state index is -0.326. The maximum atomic E-state index is 10.0. The lowest BCUT2D eigenvalue weighted by atomic mass is 10.00. The SMILES string of the molecule is CCCCOCC(O)CN1CCC(N2CCCCC2)CC1. The summed E-state index contributed by atoms with van der Waals surface area (Å²) >= 11 is 0. The van der Waals surface area contributed by atoms with Gasteiger partial charge in [0.15, 0.2) is 0 Å². The summed E-state index contributed by atoms with van der Waals surface area (Å²) in [6.07, 6.45) is 8.64. The van der Waals surface area contributed by atoms with Gasteiger partial charge in [0.25, 0.3) is 0 Å². The summed E-state index contributed by atoms with van der Waals surface area (Å²) in [4.78, 5) is 5.11. The number of rotatable bonds is 8. The fourth-order valence-corrected chi connectivity index (χ4v) is 3.57. The first-order chi connectivity index (χ1) is 10.3. The average Bonchev–Trinajstić information content (AvgIpc) is 2.53. The number of aliphatic hydroxyl groups is 1. The topological polar surface area (TPSA) is 35.9 Å². The summed E-state index contributed by atoms with van der Waals surface area (Å²) in [5.41, 5.74) is 0. The van der Waals surface area contributed by atoms with Crippen molar-refractivity contribution in [2.75, 3.05) is 45.9 Å². The van der Waals surface area contributed by atoms with E-state index < -0.39 is 0 Å². The first-order valence-electron chi connectivity index (χ1n) is 9.01. The fourth-order valence-electron chi connectivity index (χ4n) is 3.57. The van der Waals surface area contributed by atoms with E-state index in [1.807, 2.05) is 0 Å². The molecule has 1 unspecified atom stereocenters. The number of nitrogens with zero attached hydrogens (tertiary/aromatic N) is 2. The molecule has 2 fully saturated rings. The van der Waals surface area contributed by atoms with Crippen molar-refractivity contribution in [3.63, 3.8) is 0 Å². The van der Waals surface area contributed by atoms with E-state index in [0.717, 1.165) is 45.1 Å². The quantitative estimate of drug-likeness (QED) is 0.696. The van der Waals surface area contributed by atoms with Crippen LogP contribution in [0.15, 0.2) is 0 Å². The van der Waals surface area contributed by atoms with Gasteiger partial charge < -0.3 is 19.6 Å². The van der Waals surface area contributed by atoms with Gasteiger partial charge in [-0.1, -0.05) is 19.8 Å². The van der Waals surface area contributed by atoms with Crippen LogP contribution in [0.25, 0.3) is 0 Å². The molecule has 0 aromatic carbocycles. The Morgan fingerprint density at radius 1 is 1.10 bits per heavy atom. The third kappa shape index (κ3) is 6.23. The van der Waals surface area contributed by atoms with Gasteiger partial charge in [0, 0.05) is 19.2 Å². The number of ether oxygens (including phenoxy) is 1. The zero-order valence-corrected chi connectivity index (χ0v) is 13.8. The average molecular weight is 298 g/mol. The van der Waals surface area contributed by atoms with E-state index in [2.05, 4.69) is 16.7 Å². The van der Waals surface area contributed by atoms with Crippen LogP contribution in [0.5, 0.6) is 0 Å². The maximum Gasteiger partial charge on any atom is 0.0900 e. The normalized spacial score (nSPS) is 24.3. The molecule has 124 valence electrons. The predicted molar refractivity (Wildman–Crippen MR) is 86.6 cm³/mol. The van der Waals surface area contributed by atoms with Gasteiger partial charge in [0.05, 0.1) is 12.7 Å². The van der Waals surface area contributed by atoms with E-state index in [0.29, 0.717) is 6.61 Å². The third-order valence-corrected chi connectivity index (χ3v) is 4.89. The van der Waals surface area contributed by atoms with E-state index in [1.165, 1.54) is 45.2 Å². The molecule has 4 heteroatoms. The van der Waals surface area contributed by atoms with Crippen molar-refractivity contribution >= 4 is 0 Å². The predicted octanol–water partition coefficient (Wildman–Crippen LogP) is 2.11. The third-order valence-electron chi connectivity index (χ3n) is 4.89. The van der Waals surface area contributed by atoms with Crippen molar-refractivity contribution in [2.45, 2.75) is 64.0 Å². The number of β-amino-alcohol motifs (C(OH)–C–C–N with tert-alkyl or cyclic N) is 1. The van der Waals surface area contributed by atoms with Crippen molar-refractivity contribution in [3.8, 4) is 0 Å². The van der Waals surface area contributed by atoms with E-state index in [9.17, 15) is 5.11 Å². The molecule has 0 aromatic heterocycles. The molecule has 0 spiro atoms. The Labute approximate surface area is 130 Å². The van der Waals surface area contributed by atoms with E-state index in [4.69, 9.17) is 4.74 Å². The highest BCUT2D eigenvalue weighted by molar-refractivity contribution is 4.82. The standard InChI is InChI=1S/C17H34N2O2/c1-2-3-13-21-15-17(20)14-18-11-7-16(8-12-18)19-9-5-4-6-10-19/h16-17,20H,2-15H2,1H3. The van der Waals surface area contributed by atoms with Crippen LogP contribution in [0, 0.1) is 0 Å². The molecule has 2 saturated heterocycles. The minimum absolute atomic E-state index is 0.326. The van der Waals surface area contributed by atoms with Gasteiger partial charge in [-0.3, -0.25) is 0 Å². The largest absolute Gasteiger partial charge is 0.389 e. The summed E-state index contributed by atoms with van der Waals surface area (Å²) in [5.74, 6) is 0. The molecule has 2 aliphatic rings. The van der Waals surface area contributed by atoms with E-state index in [1.54, 1.807) is 0 Å². The van der Waals surface area contributed by atoms with Gasteiger partial charge >= 0.3 is 0 Å². The first kappa shape index (κ1) is 17.2. The molecule has 2 heterocycles. The molecule has 0 radical (unpaired) electrons. The van der Waals surface area contributed by atoms with Gasteiger partial charge in [0.2, 0.25) is 0 Å². The van der Waals surface area contributed by atoms with Gasteiger partial charge in [-0.15, -0.1) is 0 Å². The van der Waals surface area contributed by atoms with Gasteiger partial charge in [-0.25, -0.2) is 0 Å². The summed E-state index contributed by atoms with van der Waals surface area (Å²) in [7, 11) is 0. The van der Waals surface area contributed by atoms with Crippen LogP contribution in [-0.4, -0.2) is 73.0 Å². The zero-order valence-electron chi connectivity index (χ0n) is 13.8. The Bertz CT molecular complexity index is 262. The summed E-state index contributed by atoms with van der Waals surface area (Å²) < 4.78 is 5.51. The fraction of sp³-hybridized carbons (Fsp3) is 1.00. The Balaban J connectivity index is 1.57. The molecule has 0 aromatic rings. The molecule has 21 heavy (non-hydrogen) atoms. The van der Waals surface area contributed by atoms with Crippen molar-refractivity contribution in [1.29, 1.82) is 0 Å². The highest BCUT2D eigenvalue weighted by atomic mass is 16.5. The Kier molecular flexibility index (Phi) is 8.01. The number of hydrogen-bond acceptors (Lipinski definition) is 4. The molecule has 2 aliphatic heterocycles. The van der Waals surface area contributed by atoms with Crippen LogP contribution >= 0.6 is 0 Å². The van der Waals surface area contributed by atoms with Crippen LogP contribution in [0.3, 0.4) is 0 Å². The van der Waals surface area contributed by atoms with Crippen LogP contribution in [0.4, 0.5) is 0 Å². The van der Waals surface area contributed by atoms with Gasteiger partial charge in [0.1, 0.15) is 0 Å². The minimum Gasteiger partial charge on any atom is -0.389 e. The molecular weight excluding hydrogens is 264 g/mol. The number of aliphatic hydroxyl groups excluding tert-OH is 1. The number of unbranched alkanes of at least 4 members (excludes halogenated alkanes) is 1. The number of hydrogen-bond donors (Lipinski definition) is 1. The van der Waals surface area contributed by atoms with Crippen molar-refractivity contribution in [1.82, 2.24) is 9.80 Å². The highest BCUT2D eigenvalue weighted by Crippen LogP contribution is 2.20. The molecule has 1 atom stereocenters. The second kappa shape index (κ2) is 9.78. The van der Waals surface area contributed by atoms with E-state index >= 15 is 0 Å². The summed E-state index contributed by atoms with van der Waals surface area (Å²) in [6, 6.07) is 0.791. The van der Waals surface area contributed by atoms with E-state index in [-0.39, 0.29) is 6.10 Å². The number of piperidine rings is 2. The first-order valence-corrected chi connectivity index (χ1v) is 9.01. The van der Waals surface area contributed by atoms with Crippen LogP contribution in [0.2, 0.25) is 0 Å². The molecule has 0 bridgehead atoms. The van der Waals surface area contributed by atoms with Crippen LogP contribution < -0.4 is 0 Å². The second-order valence-corrected chi connectivity index (χ2v) is 6.71. The highest BCUT2D eigenvalue weighted by Gasteiger charge is 2.26. The second-order valence-electron chi connectivity index (χ2n) is 6.71. The molecule has 0 aliphatic carbocycles. The Morgan fingerprint density at radius 3 is 2.48 bits per heavy atom. The monoisotopic (exact) mass is 298 g/mol. The lowest BCUT2D eigenvalue weighted by molar-refractivity contribution is 0.00529. The summed E-state index contributed by atoms with van der Waals surface area (Å²) in [5, 5.41) is 10.0. The van der Waals surface area contributed by atoms with Gasteiger partial charge in [-0.05, 0) is 58.3 Å². The maximum absolute atomic E-state index is 10.0. The van der Waals surface area contributed by atoms with Crippen molar-refractivity contribution in [2.24, 2.45) is 0 Å². The lowest BCUT2D eigenvalue weighted by Crippen LogP contribution is -2.48. The Hall–Kier alpha value is -0.160. The molecule has 0 amide bonds.